The minimum Gasteiger partial charge on any atom is -0.461 e. The van der Waals surface area contributed by atoms with E-state index in [1.54, 1.807) is 51.1 Å². The number of esters is 1. The highest BCUT2D eigenvalue weighted by Gasteiger charge is 2.27. The van der Waals surface area contributed by atoms with Gasteiger partial charge in [0, 0.05) is 0 Å². The van der Waals surface area contributed by atoms with Crippen molar-refractivity contribution in [2.75, 3.05) is 6.61 Å². The molecule has 9 heteroatoms. The van der Waals surface area contributed by atoms with Crippen LogP contribution in [0.2, 0.25) is 0 Å². The molecule has 0 N–H and O–H groups in total. The van der Waals surface area contributed by atoms with E-state index in [9.17, 15) is 18.0 Å². The van der Waals surface area contributed by atoms with E-state index in [-0.39, 0.29) is 11.5 Å². The summed E-state index contributed by atoms with van der Waals surface area (Å²) in [5.74, 6) is -1.40. The largest absolute Gasteiger partial charge is 0.461 e. The van der Waals surface area contributed by atoms with Crippen LogP contribution in [0.25, 0.3) is 5.69 Å². The highest BCUT2D eigenvalue weighted by Crippen LogP contribution is 2.25. The van der Waals surface area contributed by atoms with Gasteiger partial charge in [-0.1, -0.05) is 23.8 Å². The predicted octanol–water partition coefficient (Wildman–Crippen LogP) is 3.41. The second-order valence-electron chi connectivity index (χ2n) is 7.40. The first-order valence-electron chi connectivity index (χ1n) is 9.94. The van der Waals surface area contributed by atoms with Crippen molar-refractivity contribution in [3.8, 4) is 11.4 Å². The van der Waals surface area contributed by atoms with Crippen molar-refractivity contribution in [2.45, 2.75) is 39.5 Å². The molecule has 0 bridgehead atoms. The van der Waals surface area contributed by atoms with Gasteiger partial charge >= 0.3 is 16.1 Å². The third-order valence-electron chi connectivity index (χ3n) is 4.90. The topological polar surface area (TPSA) is 105 Å². The zero-order chi connectivity index (χ0) is 23.6. The van der Waals surface area contributed by atoms with Crippen LogP contribution in [-0.2, 0) is 14.9 Å². The molecule has 3 aromatic rings. The number of hydrogen-bond acceptors (Lipinski definition) is 7. The average molecular weight is 457 g/mol. The Kier molecular flexibility index (Phi) is 6.50. The van der Waals surface area contributed by atoms with Gasteiger partial charge in [0.15, 0.2) is 5.75 Å². The molecule has 0 saturated carbocycles. The molecule has 0 fully saturated rings. The summed E-state index contributed by atoms with van der Waals surface area (Å²) in [4.78, 5) is 25.2. The van der Waals surface area contributed by atoms with Gasteiger partial charge in [-0.25, -0.2) is 4.79 Å². The van der Waals surface area contributed by atoms with Crippen LogP contribution in [0.1, 0.15) is 39.7 Å². The predicted molar refractivity (Wildman–Crippen MR) is 119 cm³/mol. The number of ether oxygens (including phenoxy) is 1. The van der Waals surface area contributed by atoms with E-state index in [1.807, 2.05) is 13.8 Å². The fourth-order valence-electron chi connectivity index (χ4n) is 3.08. The molecular formula is C23H24N2O6S. The summed E-state index contributed by atoms with van der Waals surface area (Å²) >= 11 is 0. The van der Waals surface area contributed by atoms with E-state index in [0.29, 0.717) is 11.3 Å². The quantitative estimate of drug-likeness (QED) is 0.413. The molecular weight excluding hydrogens is 432 g/mol. The number of carbonyl (C=O) groups excluding carboxylic acids is 1. The van der Waals surface area contributed by atoms with Gasteiger partial charge in [0.2, 0.25) is 5.69 Å². The smallest absolute Gasteiger partial charge is 0.362 e. The Labute approximate surface area is 186 Å². The first kappa shape index (κ1) is 23.2. The van der Waals surface area contributed by atoms with Crippen molar-refractivity contribution in [3.05, 3.63) is 80.8 Å². The van der Waals surface area contributed by atoms with Crippen LogP contribution < -0.4 is 9.74 Å². The lowest BCUT2D eigenvalue weighted by molar-refractivity contribution is 0.0515. The Morgan fingerprint density at radius 1 is 0.969 bits per heavy atom. The highest BCUT2D eigenvalue weighted by atomic mass is 32.2. The SMILES string of the molecule is CCOC(=O)c1nn(-c2ccc(C)cc2)c(=O)cc1OS(=O)(=O)c1cc(C)c(C)cc1C. The van der Waals surface area contributed by atoms with E-state index >= 15 is 0 Å². The summed E-state index contributed by atoms with van der Waals surface area (Å²) in [5.41, 5.74) is 2.47. The van der Waals surface area contributed by atoms with E-state index in [2.05, 4.69) is 5.10 Å². The zero-order valence-corrected chi connectivity index (χ0v) is 19.3. The number of aryl methyl sites for hydroxylation is 4. The second-order valence-corrected chi connectivity index (χ2v) is 8.92. The Morgan fingerprint density at radius 3 is 2.22 bits per heavy atom. The molecule has 0 aliphatic carbocycles. The summed E-state index contributed by atoms with van der Waals surface area (Å²) in [6.07, 6.45) is 0. The Morgan fingerprint density at radius 2 is 1.59 bits per heavy atom. The molecule has 2 aromatic carbocycles. The third kappa shape index (κ3) is 4.72. The lowest BCUT2D eigenvalue weighted by Crippen LogP contribution is -2.26. The summed E-state index contributed by atoms with van der Waals surface area (Å²) < 4.78 is 37.3. The van der Waals surface area contributed by atoms with Crippen LogP contribution in [-0.4, -0.2) is 30.8 Å². The highest BCUT2D eigenvalue weighted by molar-refractivity contribution is 7.87. The lowest BCUT2D eigenvalue weighted by atomic mass is 10.1. The van der Waals surface area contributed by atoms with Crippen LogP contribution in [0, 0.1) is 27.7 Å². The van der Waals surface area contributed by atoms with Gasteiger partial charge in [-0.15, -0.1) is 0 Å². The Hall–Kier alpha value is -3.46. The first-order chi connectivity index (χ1) is 15.0. The number of benzene rings is 2. The van der Waals surface area contributed by atoms with Crippen LogP contribution >= 0.6 is 0 Å². The number of nitrogens with zero attached hydrogens (tertiary/aromatic N) is 2. The summed E-state index contributed by atoms with van der Waals surface area (Å²) in [7, 11) is -4.35. The summed E-state index contributed by atoms with van der Waals surface area (Å²) in [5, 5.41) is 4.06. The Balaban J connectivity index is 2.14. The maximum absolute atomic E-state index is 13.0. The van der Waals surface area contributed by atoms with Crippen LogP contribution in [0.3, 0.4) is 0 Å². The van der Waals surface area contributed by atoms with E-state index in [0.717, 1.165) is 27.4 Å². The molecule has 0 radical (unpaired) electrons. The summed E-state index contributed by atoms with van der Waals surface area (Å²) in [6.45, 7) is 8.81. The first-order valence-corrected chi connectivity index (χ1v) is 11.3. The fraction of sp³-hybridized carbons (Fsp3) is 0.261. The van der Waals surface area contributed by atoms with E-state index < -0.39 is 33.1 Å². The standard InChI is InChI=1S/C23H24N2O6S/c1-6-30-23(27)22-19(13-21(26)25(24-22)18-9-7-14(2)8-10-18)31-32(28,29)20-12-16(4)15(3)11-17(20)5/h7-13H,6H2,1-5H3. The Bertz CT molecular complexity index is 1340. The molecule has 0 saturated heterocycles. The minimum atomic E-state index is -4.35. The van der Waals surface area contributed by atoms with Gasteiger partial charge in [0.05, 0.1) is 18.4 Å². The van der Waals surface area contributed by atoms with Gasteiger partial charge < -0.3 is 8.92 Å². The number of carbonyl (C=O) groups is 1. The molecule has 0 atom stereocenters. The van der Waals surface area contributed by atoms with Gasteiger partial charge in [-0.05, 0) is 69.5 Å². The zero-order valence-electron chi connectivity index (χ0n) is 18.5. The molecule has 0 unspecified atom stereocenters. The molecule has 168 valence electrons. The molecule has 3 rings (SSSR count). The molecule has 8 nitrogen and oxygen atoms in total. The molecule has 0 aliphatic rings. The minimum absolute atomic E-state index is 0.0344. The van der Waals surface area contributed by atoms with Gasteiger partial charge in [0.1, 0.15) is 4.90 Å². The number of aromatic nitrogens is 2. The lowest BCUT2D eigenvalue weighted by Gasteiger charge is -2.14. The van der Waals surface area contributed by atoms with Crippen molar-refractivity contribution in [2.24, 2.45) is 0 Å². The molecule has 0 amide bonds. The maximum Gasteiger partial charge on any atom is 0.362 e. The second kappa shape index (κ2) is 8.96. The van der Waals surface area contributed by atoms with Crippen molar-refractivity contribution >= 4 is 16.1 Å². The van der Waals surface area contributed by atoms with Crippen LogP contribution in [0.4, 0.5) is 0 Å². The van der Waals surface area contributed by atoms with Gasteiger partial charge in [0.25, 0.3) is 5.56 Å². The fourth-order valence-corrected chi connectivity index (χ4v) is 4.31. The van der Waals surface area contributed by atoms with Gasteiger partial charge in [-0.3, -0.25) is 4.79 Å². The normalized spacial score (nSPS) is 11.3. The molecule has 0 aliphatic heterocycles. The molecule has 1 heterocycles. The van der Waals surface area contributed by atoms with Crippen LogP contribution in [0.15, 0.2) is 52.2 Å². The van der Waals surface area contributed by atoms with Gasteiger partial charge in [-0.2, -0.15) is 18.2 Å². The number of hydrogen-bond donors (Lipinski definition) is 0. The average Bonchev–Trinajstić information content (AvgIpc) is 2.71. The molecule has 1 aromatic heterocycles. The molecule has 0 spiro atoms. The van der Waals surface area contributed by atoms with E-state index in [4.69, 9.17) is 8.92 Å². The monoisotopic (exact) mass is 456 g/mol. The van der Waals surface area contributed by atoms with E-state index in [1.165, 1.54) is 6.07 Å². The summed E-state index contributed by atoms with van der Waals surface area (Å²) in [6, 6.07) is 11.0. The van der Waals surface area contributed by atoms with Crippen LogP contribution in [0.5, 0.6) is 5.75 Å². The molecule has 32 heavy (non-hydrogen) atoms. The number of rotatable bonds is 6. The van der Waals surface area contributed by atoms with Crippen molar-refractivity contribution < 1.29 is 22.1 Å². The van der Waals surface area contributed by atoms with Crippen molar-refractivity contribution in [1.82, 2.24) is 9.78 Å². The van der Waals surface area contributed by atoms with Crippen molar-refractivity contribution in [1.29, 1.82) is 0 Å². The van der Waals surface area contributed by atoms with Crippen molar-refractivity contribution in [3.63, 3.8) is 0 Å². The third-order valence-corrected chi connectivity index (χ3v) is 6.28. The maximum atomic E-state index is 13.0.